The Morgan fingerprint density at radius 3 is 1.92 bits per heavy atom. The first-order chi connectivity index (χ1) is 5.66. The van der Waals surface area contributed by atoms with Gasteiger partial charge < -0.3 is 10.2 Å². The molecule has 0 saturated heterocycles. The maximum Gasteiger partial charge on any atom is 0.329 e. The van der Waals surface area contributed by atoms with Crippen molar-refractivity contribution in [2.45, 2.75) is 0 Å². The Hall–Kier alpha value is -1.06. The minimum atomic E-state index is -1.19. The van der Waals surface area contributed by atoms with Crippen molar-refractivity contribution < 1.29 is 15.0 Å². The summed E-state index contributed by atoms with van der Waals surface area (Å²) in [4.78, 5) is 9.12. The predicted octanol–water partition coefficient (Wildman–Crippen LogP) is 1.40. The molecule has 0 aliphatic heterocycles. The van der Waals surface area contributed by atoms with E-state index in [2.05, 4.69) is 0 Å². The largest absolute Gasteiger partial charge is 0.480 e. The zero-order valence-electron chi connectivity index (χ0n) is 6.27. The molecule has 2 N–H and O–H groups in total. The van der Waals surface area contributed by atoms with Crippen LogP contribution in [-0.2, 0) is 4.79 Å². The molecule has 0 heterocycles. The molecule has 0 bridgehead atoms. The van der Waals surface area contributed by atoms with Gasteiger partial charge in [-0.05, 0) is 12.1 Å². The van der Waals surface area contributed by atoms with Crippen LogP contribution < -0.4 is 0 Å². The fourth-order valence-corrected chi connectivity index (χ4v) is 0.560. The summed E-state index contributed by atoms with van der Waals surface area (Å²) in [5.41, 5.74) is 0. The molecule has 0 saturated carbocycles. The average molecular weight is 189 g/mol. The van der Waals surface area contributed by atoms with Crippen molar-refractivity contribution in [1.82, 2.24) is 0 Å². The van der Waals surface area contributed by atoms with Crippen molar-refractivity contribution in [3.05, 3.63) is 35.4 Å². The summed E-state index contributed by atoms with van der Waals surface area (Å²) in [6.07, 6.45) is 0. The van der Waals surface area contributed by atoms with E-state index >= 15 is 0 Å². The number of benzene rings is 1. The summed E-state index contributed by atoms with van der Waals surface area (Å²) in [6.45, 7) is -0.778. The predicted molar refractivity (Wildman–Crippen MR) is 46.2 cm³/mol. The monoisotopic (exact) mass is 188 g/mol. The number of carbonyl (C=O) groups is 1. The molecule has 12 heavy (non-hydrogen) atoms. The molecule has 1 aromatic carbocycles. The number of hydrogen-bond acceptors (Lipinski definition) is 2. The Kier molecular flexibility index (Phi) is 6.05. The van der Waals surface area contributed by atoms with E-state index in [1.54, 1.807) is 0 Å². The fourth-order valence-electron chi connectivity index (χ4n) is 0.415. The number of aliphatic hydroxyl groups is 1. The van der Waals surface area contributed by atoms with Crippen LogP contribution in [0.5, 0.6) is 0 Å². The quantitative estimate of drug-likeness (QED) is 0.701. The Labute approximate surface area is 75.2 Å². The van der Waals surface area contributed by atoms with E-state index in [1.165, 1.54) is 0 Å². The van der Waals surface area contributed by atoms with Crippen LogP contribution in [0.3, 0.4) is 0 Å². The Morgan fingerprint density at radius 2 is 1.75 bits per heavy atom. The molecule has 4 heteroatoms. The highest BCUT2D eigenvalue weighted by Crippen LogP contribution is 2.03. The van der Waals surface area contributed by atoms with Crippen molar-refractivity contribution in [3.63, 3.8) is 0 Å². The second kappa shape index (κ2) is 6.64. The SMILES string of the molecule is Clc1ccccc1.O=C(O)CO. The van der Waals surface area contributed by atoms with Gasteiger partial charge in [0.25, 0.3) is 0 Å². The Morgan fingerprint density at radius 1 is 1.33 bits per heavy atom. The van der Waals surface area contributed by atoms with Gasteiger partial charge in [-0.25, -0.2) is 4.79 Å². The minimum absolute atomic E-state index is 0.778. The molecule has 0 fully saturated rings. The second-order valence-corrected chi connectivity index (χ2v) is 2.28. The molecule has 3 nitrogen and oxygen atoms in total. The number of aliphatic carboxylic acids is 1. The lowest BCUT2D eigenvalue weighted by atomic mass is 10.4. The van der Waals surface area contributed by atoms with Gasteiger partial charge in [-0.15, -0.1) is 0 Å². The number of rotatable bonds is 1. The fraction of sp³-hybridized carbons (Fsp3) is 0.125. The average Bonchev–Trinajstić information content (AvgIpc) is 2.07. The van der Waals surface area contributed by atoms with E-state index in [0.29, 0.717) is 0 Å². The number of aliphatic hydroxyl groups excluding tert-OH is 1. The summed E-state index contributed by atoms with van der Waals surface area (Å²) in [5, 5.41) is 15.8. The summed E-state index contributed by atoms with van der Waals surface area (Å²) in [6, 6.07) is 9.44. The van der Waals surface area contributed by atoms with Crippen molar-refractivity contribution >= 4 is 17.6 Å². The van der Waals surface area contributed by atoms with Gasteiger partial charge in [0.05, 0.1) is 0 Å². The molecule has 0 atom stereocenters. The number of halogens is 1. The molecule has 66 valence electrons. The molecule has 0 aliphatic carbocycles. The summed E-state index contributed by atoms with van der Waals surface area (Å²) in [7, 11) is 0. The standard InChI is InChI=1S/C6H5Cl.C2H4O3/c7-6-4-2-1-3-5-6;3-1-2(4)5/h1-5H;3H,1H2,(H,4,5). The Bertz CT molecular complexity index is 223. The first kappa shape index (κ1) is 10.9. The lowest BCUT2D eigenvalue weighted by Crippen LogP contribution is -1.98. The van der Waals surface area contributed by atoms with Gasteiger partial charge in [0, 0.05) is 5.02 Å². The molecule has 1 rings (SSSR count). The van der Waals surface area contributed by atoms with E-state index in [1.807, 2.05) is 30.3 Å². The lowest BCUT2D eigenvalue weighted by Gasteiger charge is -1.80. The highest BCUT2D eigenvalue weighted by molar-refractivity contribution is 6.30. The van der Waals surface area contributed by atoms with Crippen LogP contribution in [0.1, 0.15) is 0 Å². The molecule has 0 aliphatic rings. The van der Waals surface area contributed by atoms with Crippen molar-refractivity contribution in [2.24, 2.45) is 0 Å². The van der Waals surface area contributed by atoms with Crippen molar-refractivity contribution in [2.75, 3.05) is 6.61 Å². The van der Waals surface area contributed by atoms with Crippen LogP contribution in [0.25, 0.3) is 0 Å². The van der Waals surface area contributed by atoms with Gasteiger partial charge in [-0.2, -0.15) is 0 Å². The maximum atomic E-state index is 9.12. The minimum Gasteiger partial charge on any atom is -0.480 e. The van der Waals surface area contributed by atoms with Crippen LogP contribution in [0.2, 0.25) is 5.02 Å². The van der Waals surface area contributed by atoms with Crippen LogP contribution in [0, 0.1) is 0 Å². The van der Waals surface area contributed by atoms with Crippen LogP contribution in [0.15, 0.2) is 30.3 Å². The summed E-state index contributed by atoms with van der Waals surface area (Å²) < 4.78 is 0. The van der Waals surface area contributed by atoms with Crippen molar-refractivity contribution in [1.29, 1.82) is 0 Å². The number of carboxylic acid groups (broad SMARTS) is 1. The van der Waals surface area contributed by atoms with Gasteiger partial charge in [0.15, 0.2) is 0 Å². The van der Waals surface area contributed by atoms with E-state index in [4.69, 9.17) is 26.6 Å². The molecule has 0 radical (unpaired) electrons. The van der Waals surface area contributed by atoms with Crippen LogP contribution in [-0.4, -0.2) is 22.8 Å². The van der Waals surface area contributed by atoms with Crippen molar-refractivity contribution in [3.8, 4) is 0 Å². The van der Waals surface area contributed by atoms with E-state index in [0.717, 1.165) is 5.02 Å². The van der Waals surface area contributed by atoms with Gasteiger partial charge in [-0.3, -0.25) is 0 Å². The number of hydrogen-bond donors (Lipinski definition) is 2. The maximum absolute atomic E-state index is 9.12. The molecule has 1 aromatic rings. The van der Waals surface area contributed by atoms with Gasteiger partial charge in [-0.1, -0.05) is 29.8 Å². The summed E-state index contributed by atoms with van der Waals surface area (Å²) in [5.74, 6) is -1.19. The first-order valence-electron chi connectivity index (χ1n) is 3.20. The van der Waals surface area contributed by atoms with Crippen LogP contribution >= 0.6 is 11.6 Å². The smallest absolute Gasteiger partial charge is 0.329 e. The first-order valence-corrected chi connectivity index (χ1v) is 3.58. The highest BCUT2D eigenvalue weighted by Gasteiger charge is 1.82. The van der Waals surface area contributed by atoms with E-state index in [9.17, 15) is 0 Å². The molecule has 0 unspecified atom stereocenters. The third-order valence-electron chi connectivity index (χ3n) is 0.868. The third kappa shape index (κ3) is 7.05. The zero-order valence-corrected chi connectivity index (χ0v) is 7.03. The van der Waals surface area contributed by atoms with E-state index < -0.39 is 12.6 Å². The van der Waals surface area contributed by atoms with Crippen LogP contribution in [0.4, 0.5) is 0 Å². The van der Waals surface area contributed by atoms with Gasteiger partial charge in [0.1, 0.15) is 6.61 Å². The number of carboxylic acids is 1. The van der Waals surface area contributed by atoms with Gasteiger partial charge in [0.2, 0.25) is 0 Å². The molecule has 0 aromatic heterocycles. The lowest BCUT2D eigenvalue weighted by molar-refractivity contribution is -0.140. The normalized spacial score (nSPS) is 8.17. The summed E-state index contributed by atoms with van der Waals surface area (Å²) >= 11 is 5.54. The molecular formula is C8H9ClO3. The second-order valence-electron chi connectivity index (χ2n) is 1.85. The molecule has 0 amide bonds. The highest BCUT2D eigenvalue weighted by atomic mass is 35.5. The molecular weight excluding hydrogens is 180 g/mol. The Balaban J connectivity index is 0.000000217. The van der Waals surface area contributed by atoms with Gasteiger partial charge >= 0.3 is 5.97 Å². The van der Waals surface area contributed by atoms with E-state index in [-0.39, 0.29) is 0 Å². The molecule has 0 spiro atoms. The third-order valence-corrected chi connectivity index (χ3v) is 1.12. The topological polar surface area (TPSA) is 57.5 Å². The zero-order chi connectivity index (χ0) is 9.40.